The summed E-state index contributed by atoms with van der Waals surface area (Å²) >= 11 is 4.64. The second kappa shape index (κ2) is 28.7. The number of aryl methyl sites for hydroxylation is 2. The van der Waals surface area contributed by atoms with Crippen molar-refractivity contribution in [1.29, 1.82) is 0 Å². The zero-order valence-electron chi connectivity index (χ0n) is 25.1. The summed E-state index contributed by atoms with van der Waals surface area (Å²) in [5.74, 6) is 0. The van der Waals surface area contributed by atoms with Gasteiger partial charge in [-0.2, -0.15) is 0 Å². The maximum absolute atomic E-state index is 9.02. The minimum Gasteiger partial charge on any atom is -0.358 e. The zero-order chi connectivity index (χ0) is 25.8. The topological polar surface area (TPSA) is 107 Å². The molecule has 0 spiro atoms. The number of nitrogens with zero attached hydrogens (tertiary/aromatic N) is 6. The number of hydrogen-bond acceptors (Lipinski definition) is 4. The van der Waals surface area contributed by atoms with Gasteiger partial charge in [0.25, 0.3) is 0 Å². The monoisotopic (exact) mass is 928 g/mol. The number of unbranched alkanes of at least 4 members (excludes halogenated alkanes) is 3. The summed E-state index contributed by atoms with van der Waals surface area (Å²) in [5.41, 5.74) is 0. The van der Waals surface area contributed by atoms with Crippen LogP contribution in [0.1, 0.15) is 25.7 Å². The molecule has 40 heavy (non-hydrogen) atoms. The maximum Gasteiger partial charge on any atom is -0.358 e. The van der Waals surface area contributed by atoms with Crippen LogP contribution in [0.2, 0.25) is 0 Å². The summed E-state index contributed by atoms with van der Waals surface area (Å²) in [5, 5.41) is 26.1. The normalized spacial score (nSPS) is 14.1. The van der Waals surface area contributed by atoms with Gasteiger partial charge >= 0.3 is 165 Å². The molecule has 0 aliphatic carbocycles. The molecular formula is C28H54N6O4Pt2-6. The molecule has 2 aromatic rings. The van der Waals surface area contributed by atoms with E-state index in [1.165, 1.54) is 33.3 Å². The van der Waals surface area contributed by atoms with Crippen LogP contribution >= 0.6 is 0 Å². The number of rotatable bonds is 11. The molecule has 0 bridgehead atoms. The summed E-state index contributed by atoms with van der Waals surface area (Å²) < 4.78 is 21.0. The number of aliphatic hydroxyl groups excluding tert-OH is 2. The Morgan fingerprint density at radius 2 is 0.850 bits per heavy atom. The van der Waals surface area contributed by atoms with Gasteiger partial charge < -0.3 is 49.8 Å². The third-order valence-electron chi connectivity index (χ3n) is 5.53. The molecule has 4 heterocycles. The van der Waals surface area contributed by atoms with Crippen LogP contribution in [-0.4, -0.2) is 94.3 Å². The number of aliphatic hydroxyl groups is 2. The standard InChI is InChI=1S/C16H26N4O2.2C4H8NO.4CH3.2Pt/c21-13-11-19-9-7-17(15-19)5-3-1-2-4-6-18-8-10-20(16-18)12-14-22;2*1-3-6-4-2-5-1;;;;;;/h7-10,21-22H,1-6,11-14H2;2*1-4H2;4*1H3;;/q;6*-1;;. The first-order chi connectivity index (χ1) is 17.7. The fourth-order valence-corrected chi connectivity index (χ4v) is 5.29. The van der Waals surface area contributed by atoms with Crippen molar-refractivity contribution in [3.8, 4) is 0 Å². The van der Waals surface area contributed by atoms with E-state index < -0.39 is 0 Å². The van der Waals surface area contributed by atoms with Gasteiger partial charge in [-0.15, -0.1) is 26.2 Å². The molecule has 2 N–H and O–H groups in total. The second-order valence-corrected chi connectivity index (χ2v) is 10.3. The Labute approximate surface area is 265 Å². The Hall–Kier alpha value is -0.443. The van der Waals surface area contributed by atoms with Crippen molar-refractivity contribution in [3.05, 3.63) is 72.7 Å². The Kier molecular flexibility index (Phi) is 31.5. The predicted molar refractivity (Wildman–Crippen MR) is 157 cm³/mol. The Balaban J connectivity index is -0.000000709. The summed E-state index contributed by atoms with van der Waals surface area (Å²) in [6.45, 7) is 10.7. The Morgan fingerprint density at radius 3 is 1.07 bits per heavy atom. The maximum atomic E-state index is 9.02. The third-order valence-corrected chi connectivity index (χ3v) is 8.15. The number of hydrogen-bond donors (Lipinski definition) is 2. The largest absolute Gasteiger partial charge is 0.358 e. The fraction of sp³-hybridized carbons (Fsp3) is 0.643. The van der Waals surface area contributed by atoms with Crippen LogP contribution in [0.3, 0.4) is 0 Å². The molecule has 2 fully saturated rings. The number of aromatic nitrogens is 4. The molecule has 4 rings (SSSR count). The van der Waals surface area contributed by atoms with Crippen LogP contribution in [0.4, 0.5) is 0 Å². The summed E-state index contributed by atoms with van der Waals surface area (Å²) in [7, 11) is 0. The van der Waals surface area contributed by atoms with E-state index in [9.17, 15) is 0 Å². The minimum atomic E-state index is 0. The van der Waals surface area contributed by atoms with Gasteiger partial charge in [-0.1, -0.05) is 0 Å². The van der Waals surface area contributed by atoms with Crippen LogP contribution in [0.25, 0.3) is 10.6 Å². The molecule has 0 radical (unpaired) electrons. The smallest absolute Gasteiger partial charge is 0.358 e. The zero-order valence-corrected chi connectivity index (χ0v) is 29.6. The molecule has 0 saturated carbocycles. The molecule has 0 aromatic carbocycles. The van der Waals surface area contributed by atoms with Crippen molar-refractivity contribution < 1.29 is 58.4 Å². The van der Waals surface area contributed by atoms with E-state index in [2.05, 4.69) is 80.0 Å². The molecule has 0 amide bonds. The van der Waals surface area contributed by atoms with Crippen molar-refractivity contribution in [2.45, 2.75) is 51.9 Å². The van der Waals surface area contributed by atoms with Gasteiger partial charge in [0.2, 0.25) is 0 Å². The molecule has 0 unspecified atom stereocenters. The van der Waals surface area contributed by atoms with Crippen LogP contribution in [0, 0.1) is 37.3 Å². The van der Waals surface area contributed by atoms with E-state index in [-0.39, 0.29) is 42.9 Å². The van der Waals surface area contributed by atoms with Gasteiger partial charge in [0, 0.05) is 26.4 Å². The van der Waals surface area contributed by atoms with Crippen molar-refractivity contribution in [1.82, 2.24) is 18.3 Å². The third kappa shape index (κ3) is 18.2. The number of imidazole rings is 2. The summed E-state index contributed by atoms with van der Waals surface area (Å²) in [4.78, 5) is 0. The number of ether oxygens (including phenoxy) is 2. The Bertz CT molecular complexity index is 823. The van der Waals surface area contributed by atoms with E-state index in [1.807, 2.05) is 12.4 Å². The molecule has 10 nitrogen and oxygen atoms in total. The van der Waals surface area contributed by atoms with E-state index in [4.69, 9.17) is 19.7 Å². The van der Waals surface area contributed by atoms with Crippen LogP contribution in [0.5, 0.6) is 0 Å². The summed E-state index contributed by atoms with van der Waals surface area (Å²) in [6, 6.07) is 0. The van der Waals surface area contributed by atoms with Crippen LogP contribution in [-0.2, 0) is 74.4 Å². The molecule has 246 valence electrons. The quantitative estimate of drug-likeness (QED) is 0.264. The predicted octanol–water partition coefficient (Wildman–Crippen LogP) is 3.88. The minimum absolute atomic E-state index is 0. The first-order valence-corrected chi connectivity index (χ1v) is 15.0. The summed E-state index contributed by atoms with van der Waals surface area (Å²) in [6.07, 6.45) is 13.1. The number of morpholine rings is 2. The molecule has 0 atom stereocenters. The first-order valence-electron chi connectivity index (χ1n) is 12.7. The van der Waals surface area contributed by atoms with Gasteiger partial charge in [0.1, 0.15) is 0 Å². The van der Waals surface area contributed by atoms with E-state index in [1.54, 1.807) is 0 Å². The SMILES string of the molecule is C1COCC[N-]1.C1COCC[N-]1.OCCn1ccn(CCCCCCn2ccn(CCO)[c]2=[Pt])[c]1=[Pt].[CH3-].[CH3-].[CH3-].[CH3-]. The van der Waals surface area contributed by atoms with E-state index in [0.717, 1.165) is 65.7 Å². The average molecular weight is 929 g/mol. The average Bonchev–Trinajstić information content (AvgIpc) is 3.46. The van der Waals surface area contributed by atoms with Crippen molar-refractivity contribution in [3.63, 3.8) is 0 Å². The molecule has 2 saturated heterocycles. The molecule has 2 aliphatic rings. The van der Waals surface area contributed by atoms with Crippen molar-refractivity contribution in [2.75, 3.05) is 65.8 Å². The molecule has 2 aliphatic heterocycles. The molecule has 2 aromatic heterocycles. The van der Waals surface area contributed by atoms with Crippen molar-refractivity contribution >= 4 is 0 Å². The van der Waals surface area contributed by atoms with Gasteiger partial charge in [0.05, 0.1) is 0 Å². The van der Waals surface area contributed by atoms with Gasteiger partial charge in [-0.3, -0.25) is 0 Å². The van der Waals surface area contributed by atoms with Gasteiger partial charge in [0.15, 0.2) is 0 Å². The fourth-order valence-electron chi connectivity index (χ4n) is 3.60. The second-order valence-electron chi connectivity index (χ2n) is 8.28. The van der Waals surface area contributed by atoms with E-state index in [0.29, 0.717) is 13.1 Å². The van der Waals surface area contributed by atoms with Crippen LogP contribution < -0.4 is 0 Å². The van der Waals surface area contributed by atoms with Gasteiger partial charge in [-0.05, 0) is 0 Å². The van der Waals surface area contributed by atoms with E-state index >= 15 is 0 Å². The van der Waals surface area contributed by atoms with Crippen LogP contribution in [0.15, 0.2) is 24.8 Å². The van der Waals surface area contributed by atoms with Crippen molar-refractivity contribution in [2.24, 2.45) is 0 Å². The van der Waals surface area contributed by atoms with Gasteiger partial charge in [-0.25, -0.2) is 0 Å². The molecular weight excluding hydrogens is 875 g/mol. The molecule has 12 heteroatoms. The first kappa shape index (κ1) is 44.0. The Morgan fingerprint density at radius 1 is 0.550 bits per heavy atom.